The minimum absolute atomic E-state index is 0.191. The number of ether oxygens (including phenoxy) is 1. The summed E-state index contributed by atoms with van der Waals surface area (Å²) in [5.41, 5.74) is -0.708. The van der Waals surface area contributed by atoms with Gasteiger partial charge in [0, 0.05) is 13.0 Å². The van der Waals surface area contributed by atoms with E-state index in [0.717, 1.165) is 4.90 Å². The van der Waals surface area contributed by atoms with E-state index in [-0.39, 0.29) is 13.0 Å². The molecule has 1 amide bonds. The maximum absolute atomic E-state index is 11.8. The highest BCUT2D eigenvalue weighted by Gasteiger charge is 2.40. The standard InChI is InChI=1S/C11H17NO5/c1-11(2,3)17-10(16)12-6-4-5-7(13)8(12)9(14)15/h8H,4-6H2,1-3H3,(H,14,15)/t8-/m0/s1. The van der Waals surface area contributed by atoms with E-state index in [4.69, 9.17) is 9.84 Å². The Morgan fingerprint density at radius 1 is 1.41 bits per heavy atom. The third kappa shape index (κ3) is 3.44. The molecule has 0 spiro atoms. The van der Waals surface area contributed by atoms with Crippen molar-refractivity contribution in [1.29, 1.82) is 0 Å². The van der Waals surface area contributed by atoms with Gasteiger partial charge in [-0.3, -0.25) is 9.69 Å². The Morgan fingerprint density at radius 3 is 2.47 bits per heavy atom. The lowest BCUT2D eigenvalue weighted by Crippen LogP contribution is -2.54. The van der Waals surface area contributed by atoms with Crippen LogP contribution in [0.1, 0.15) is 33.6 Å². The average molecular weight is 243 g/mol. The lowest BCUT2D eigenvalue weighted by molar-refractivity contribution is -0.149. The molecule has 1 saturated heterocycles. The Bertz CT molecular complexity index is 344. The monoisotopic (exact) mass is 243 g/mol. The summed E-state index contributed by atoms with van der Waals surface area (Å²) in [6, 6.07) is -1.40. The number of ketones is 1. The number of carboxylic acids is 1. The summed E-state index contributed by atoms with van der Waals surface area (Å²) in [5.74, 6) is -1.75. The molecule has 0 saturated carbocycles. The third-order valence-electron chi connectivity index (χ3n) is 2.30. The smallest absolute Gasteiger partial charge is 0.411 e. The normalized spacial score (nSPS) is 21.2. The molecule has 6 heteroatoms. The Hall–Kier alpha value is -1.59. The molecule has 0 aliphatic carbocycles. The number of carbonyl (C=O) groups is 3. The fourth-order valence-corrected chi connectivity index (χ4v) is 1.65. The molecule has 0 unspecified atom stereocenters. The van der Waals surface area contributed by atoms with E-state index in [9.17, 15) is 14.4 Å². The molecule has 1 atom stereocenters. The van der Waals surface area contributed by atoms with Gasteiger partial charge in [-0.05, 0) is 27.2 Å². The molecule has 1 fully saturated rings. The first kappa shape index (κ1) is 13.5. The van der Waals surface area contributed by atoms with Crippen LogP contribution in [-0.4, -0.2) is 46.0 Å². The number of carboxylic acid groups (broad SMARTS) is 1. The molecule has 1 aliphatic heterocycles. The van der Waals surface area contributed by atoms with E-state index in [2.05, 4.69) is 0 Å². The van der Waals surface area contributed by atoms with Crippen LogP contribution >= 0.6 is 0 Å². The summed E-state index contributed by atoms with van der Waals surface area (Å²) in [4.78, 5) is 35.2. The van der Waals surface area contributed by atoms with Gasteiger partial charge in [-0.15, -0.1) is 0 Å². The number of hydrogen-bond acceptors (Lipinski definition) is 4. The molecule has 96 valence electrons. The predicted octanol–water partition coefficient (Wildman–Crippen LogP) is 1.04. The molecule has 1 rings (SSSR count). The molecule has 0 aromatic carbocycles. The molecule has 17 heavy (non-hydrogen) atoms. The number of aliphatic carboxylic acids is 1. The van der Waals surface area contributed by atoms with Crippen LogP contribution in [0.5, 0.6) is 0 Å². The molecule has 0 radical (unpaired) electrons. The molecule has 6 nitrogen and oxygen atoms in total. The van der Waals surface area contributed by atoms with Crippen molar-refractivity contribution < 1.29 is 24.2 Å². The third-order valence-corrected chi connectivity index (χ3v) is 2.30. The molecule has 1 N–H and O–H groups in total. The van der Waals surface area contributed by atoms with Crippen molar-refractivity contribution in [3.63, 3.8) is 0 Å². The fraction of sp³-hybridized carbons (Fsp3) is 0.727. The van der Waals surface area contributed by atoms with Gasteiger partial charge in [-0.2, -0.15) is 0 Å². The van der Waals surface area contributed by atoms with Gasteiger partial charge in [0.05, 0.1) is 0 Å². The average Bonchev–Trinajstić information content (AvgIpc) is 2.13. The predicted molar refractivity (Wildman–Crippen MR) is 58.6 cm³/mol. The van der Waals surface area contributed by atoms with Gasteiger partial charge >= 0.3 is 12.1 Å². The Balaban J connectivity index is 2.83. The van der Waals surface area contributed by atoms with Gasteiger partial charge in [-0.25, -0.2) is 9.59 Å². The summed E-state index contributed by atoms with van der Waals surface area (Å²) >= 11 is 0. The van der Waals surface area contributed by atoms with E-state index in [1.54, 1.807) is 20.8 Å². The Labute approximate surface area is 99.5 Å². The number of Topliss-reactive ketones (excluding diaryl/α,β-unsaturated/α-hetero) is 1. The summed E-state index contributed by atoms with van der Waals surface area (Å²) in [7, 11) is 0. The van der Waals surface area contributed by atoms with Crippen molar-refractivity contribution in [2.75, 3.05) is 6.54 Å². The molecule has 0 bridgehead atoms. The van der Waals surface area contributed by atoms with Gasteiger partial charge in [-0.1, -0.05) is 0 Å². The van der Waals surface area contributed by atoms with Crippen LogP contribution in [0.3, 0.4) is 0 Å². The zero-order chi connectivity index (χ0) is 13.2. The number of rotatable bonds is 1. The van der Waals surface area contributed by atoms with E-state index < -0.39 is 29.5 Å². The van der Waals surface area contributed by atoms with Crippen LogP contribution in [0.4, 0.5) is 4.79 Å². The van der Waals surface area contributed by atoms with Crippen molar-refractivity contribution in [3.05, 3.63) is 0 Å². The number of likely N-dealkylation sites (tertiary alicyclic amines) is 1. The van der Waals surface area contributed by atoms with Crippen LogP contribution in [0, 0.1) is 0 Å². The number of nitrogens with zero attached hydrogens (tertiary/aromatic N) is 1. The van der Waals surface area contributed by atoms with Gasteiger partial charge in [0.1, 0.15) is 5.60 Å². The first-order valence-corrected chi connectivity index (χ1v) is 5.47. The van der Waals surface area contributed by atoms with Gasteiger partial charge in [0.2, 0.25) is 0 Å². The molecule has 1 aliphatic rings. The molecular weight excluding hydrogens is 226 g/mol. The van der Waals surface area contributed by atoms with Crippen LogP contribution < -0.4 is 0 Å². The van der Waals surface area contributed by atoms with Crippen LogP contribution in [-0.2, 0) is 14.3 Å². The van der Waals surface area contributed by atoms with Crippen molar-refractivity contribution in [1.82, 2.24) is 4.90 Å². The minimum atomic E-state index is -1.40. The summed E-state index contributed by atoms with van der Waals surface area (Å²) < 4.78 is 5.08. The van der Waals surface area contributed by atoms with E-state index in [0.29, 0.717) is 6.42 Å². The van der Waals surface area contributed by atoms with Crippen LogP contribution in [0.15, 0.2) is 0 Å². The number of piperidine rings is 1. The summed E-state index contributed by atoms with van der Waals surface area (Å²) in [5, 5.41) is 8.96. The van der Waals surface area contributed by atoms with E-state index >= 15 is 0 Å². The highest BCUT2D eigenvalue weighted by molar-refractivity contribution is 6.05. The van der Waals surface area contributed by atoms with Gasteiger partial charge in [0.25, 0.3) is 0 Å². The quantitative estimate of drug-likeness (QED) is 0.695. The maximum Gasteiger partial charge on any atom is 0.411 e. The highest BCUT2D eigenvalue weighted by atomic mass is 16.6. The zero-order valence-electron chi connectivity index (χ0n) is 10.2. The van der Waals surface area contributed by atoms with Crippen LogP contribution in [0.2, 0.25) is 0 Å². The van der Waals surface area contributed by atoms with Gasteiger partial charge < -0.3 is 9.84 Å². The highest BCUT2D eigenvalue weighted by Crippen LogP contribution is 2.18. The molecule has 1 heterocycles. The maximum atomic E-state index is 11.8. The Kier molecular flexibility index (Phi) is 3.75. The number of hydrogen-bond donors (Lipinski definition) is 1. The second-order valence-electron chi connectivity index (χ2n) is 4.98. The van der Waals surface area contributed by atoms with Crippen molar-refractivity contribution >= 4 is 17.8 Å². The largest absolute Gasteiger partial charge is 0.479 e. The summed E-state index contributed by atoms with van der Waals surface area (Å²) in [6.45, 7) is 5.29. The number of carbonyl (C=O) groups excluding carboxylic acids is 2. The Morgan fingerprint density at radius 2 is 2.00 bits per heavy atom. The van der Waals surface area contributed by atoms with Crippen molar-refractivity contribution in [2.24, 2.45) is 0 Å². The lowest BCUT2D eigenvalue weighted by atomic mass is 10.0. The van der Waals surface area contributed by atoms with E-state index in [1.807, 2.05) is 0 Å². The fourth-order valence-electron chi connectivity index (χ4n) is 1.65. The second kappa shape index (κ2) is 4.73. The van der Waals surface area contributed by atoms with Crippen molar-refractivity contribution in [3.8, 4) is 0 Å². The molecule has 0 aromatic rings. The van der Waals surface area contributed by atoms with Crippen LogP contribution in [0.25, 0.3) is 0 Å². The van der Waals surface area contributed by atoms with Gasteiger partial charge in [0.15, 0.2) is 11.8 Å². The summed E-state index contributed by atoms with van der Waals surface area (Å²) in [6.07, 6.45) is -0.0871. The molecular formula is C11H17NO5. The van der Waals surface area contributed by atoms with Crippen molar-refractivity contribution in [2.45, 2.75) is 45.3 Å². The second-order valence-corrected chi connectivity index (χ2v) is 4.98. The lowest BCUT2D eigenvalue weighted by Gasteiger charge is -2.33. The minimum Gasteiger partial charge on any atom is -0.479 e. The first-order chi connectivity index (χ1) is 7.72. The number of amides is 1. The SMILES string of the molecule is CC(C)(C)OC(=O)N1CCCC(=O)[C@H]1C(=O)O. The zero-order valence-corrected chi connectivity index (χ0v) is 10.2. The van der Waals surface area contributed by atoms with E-state index in [1.165, 1.54) is 0 Å². The molecule has 0 aromatic heterocycles. The topological polar surface area (TPSA) is 83.9 Å². The first-order valence-electron chi connectivity index (χ1n) is 5.47.